The molecule has 88 valence electrons. The Morgan fingerprint density at radius 3 is 2.13 bits per heavy atom. The number of hydrogen-bond donors (Lipinski definition) is 0. The second-order valence-electron chi connectivity index (χ2n) is 4.92. The van der Waals surface area contributed by atoms with E-state index in [1.165, 1.54) is 71.4 Å². The molecular weight excluding hydrogens is 208 g/mol. The Hall–Kier alpha value is 0.210. The third kappa shape index (κ3) is 3.93. The van der Waals surface area contributed by atoms with Gasteiger partial charge >= 0.3 is 0 Å². The van der Waals surface area contributed by atoms with Crippen LogP contribution in [0.3, 0.4) is 0 Å². The first-order valence-corrected chi connectivity index (χ1v) is 6.87. The van der Waals surface area contributed by atoms with E-state index in [9.17, 15) is 0 Å². The van der Waals surface area contributed by atoms with Gasteiger partial charge in [-0.05, 0) is 58.3 Å². The summed E-state index contributed by atoms with van der Waals surface area (Å²) in [6.07, 6.45) is 6.49. The van der Waals surface area contributed by atoms with E-state index in [1.807, 2.05) is 0 Å². The minimum Gasteiger partial charge on any atom is -0.302 e. The summed E-state index contributed by atoms with van der Waals surface area (Å²) in [7, 11) is 0. The quantitative estimate of drug-likeness (QED) is 0.686. The van der Waals surface area contributed by atoms with Crippen LogP contribution >= 0.6 is 11.6 Å². The summed E-state index contributed by atoms with van der Waals surface area (Å²) in [5.74, 6) is 0. The lowest BCUT2D eigenvalue weighted by atomic mass is 10.2. The Morgan fingerprint density at radius 2 is 1.40 bits per heavy atom. The van der Waals surface area contributed by atoms with Crippen LogP contribution in [0.5, 0.6) is 0 Å². The second-order valence-corrected chi connectivity index (χ2v) is 5.54. The number of alkyl halides is 1. The Balaban J connectivity index is 1.64. The lowest BCUT2D eigenvalue weighted by Gasteiger charge is -2.23. The van der Waals surface area contributed by atoms with Crippen LogP contribution in [0.1, 0.15) is 32.1 Å². The van der Waals surface area contributed by atoms with Crippen molar-refractivity contribution in [2.24, 2.45) is 0 Å². The Bertz CT molecular complexity index is 180. The third-order valence-corrected chi connectivity index (χ3v) is 4.12. The highest BCUT2D eigenvalue weighted by Gasteiger charge is 2.16. The molecule has 0 amide bonds. The van der Waals surface area contributed by atoms with Gasteiger partial charge in [0.2, 0.25) is 0 Å². The van der Waals surface area contributed by atoms with Gasteiger partial charge in [0.25, 0.3) is 0 Å². The molecule has 0 N–H and O–H groups in total. The average Bonchev–Trinajstić information content (AvgIpc) is 2.66. The molecule has 2 rings (SSSR count). The normalized spacial score (nSPS) is 30.6. The van der Waals surface area contributed by atoms with Gasteiger partial charge in [-0.2, -0.15) is 0 Å². The van der Waals surface area contributed by atoms with Crippen molar-refractivity contribution in [3.05, 3.63) is 0 Å². The lowest BCUT2D eigenvalue weighted by molar-refractivity contribution is 0.231. The molecule has 2 nitrogen and oxygen atoms in total. The third-order valence-electron chi connectivity index (χ3n) is 3.68. The second kappa shape index (κ2) is 6.07. The van der Waals surface area contributed by atoms with Crippen LogP contribution in [0.25, 0.3) is 0 Å². The van der Waals surface area contributed by atoms with Crippen LogP contribution in [0.4, 0.5) is 0 Å². The van der Waals surface area contributed by atoms with Gasteiger partial charge < -0.3 is 9.80 Å². The van der Waals surface area contributed by atoms with Gasteiger partial charge in [0, 0.05) is 18.5 Å². The van der Waals surface area contributed by atoms with E-state index in [4.69, 9.17) is 11.6 Å². The maximum Gasteiger partial charge on any atom is 0.0348 e. The van der Waals surface area contributed by atoms with E-state index in [1.54, 1.807) is 0 Å². The average molecular weight is 231 g/mol. The highest BCUT2D eigenvalue weighted by molar-refractivity contribution is 6.20. The molecule has 0 aliphatic carbocycles. The smallest absolute Gasteiger partial charge is 0.0348 e. The first-order valence-electron chi connectivity index (χ1n) is 6.43. The molecule has 0 aromatic rings. The maximum absolute atomic E-state index is 6.18. The molecule has 0 saturated carbocycles. The minimum absolute atomic E-state index is 0.432. The summed E-state index contributed by atoms with van der Waals surface area (Å²) < 4.78 is 0. The molecule has 15 heavy (non-hydrogen) atoms. The van der Waals surface area contributed by atoms with E-state index in [-0.39, 0.29) is 0 Å². The summed E-state index contributed by atoms with van der Waals surface area (Å²) in [4.78, 5) is 5.20. The Labute approximate surface area is 98.6 Å². The molecule has 2 fully saturated rings. The fourth-order valence-corrected chi connectivity index (χ4v) is 2.88. The van der Waals surface area contributed by atoms with Gasteiger partial charge in [-0.15, -0.1) is 11.6 Å². The number of rotatable bonds is 3. The first kappa shape index (κ1) is 11.7. The molecular formula is C12H23ClN2. The van der Waals surface area contributed by atoms with Gasteiger partial charge in [0.1, 0.15) is 0 Å². The zero-order valence-electron chi connectivity index (χ0n) is 9.63. The number of halogens is 1. The van der Waals surface area contributed by atoms with Gasteiger partial charge in [-0.1, -0.05) is 0 Å². The van der Waals surface area contributed by atoms with Crippen LogP contribution in [-0.2, 0) is 0 Å². The number of hydrogen-bond acceptors (Lipinski definition) is 2. The van der Waals surface area contributed by atoms with Crippen molar-refractivity contribution in [1.29, 1.82) is 0 Å². The fourth-order valence-electron chi connectivity index (χ4n) is 2.63. The van der Waals surface area contributed by atoms with E-state index in [0.29, 0.717) is 5.38 Å². The summed E-state index contributed by atoms with van der Waals surface area (Å²) in [5, 5.41) is 0.432. The van der Waals surface area contributed by atoms with Crippen LogP contribution in [-0.4, -0.2) is 54.4 Å². The van der Waals surface area contributed by atoms with Crippen molar-refractivity contribution in [1.82, 2.24) is 9.80 Å². The summed E-state index contributed by atoms with van der Waals surface area (Å²) in [5.41, 5.74) is 0. The molecule has 0 aromatic carbocycles. The van der Waals surface area contributed by atoms with Crippen molar-refractivity contribution in [3.63, 3.8) is 0 Å². The van der Waals surface area contributed by atoms with Crippen LogP contribution in [0, 0.1) is 0 Å². The first-order chi connectivity index (χ1) is 7.34. The molecule has 2 saturated heterocycles. The molecule has 2 heterocycles. The molecule has 0 spiro atoms. The van der Waals surface area contributed by atoms with E-state index in [2.05, 4.69) is 9.80 Å². The van der Waals surface area contributed by atoms with Crippen molar-refractivity contribution < 1.29 is 0 Å². The predicted molar refractivity (Wildman–Crippen MR) is 65.6 cm³/mol. The molecule has 3 heteroatoms. The topological polar surface area (TPSA) is 6.48 Å². The number of nitrogens with zero attached hydrogens (tertiary/aromatic N) is 2. The van der Waals surface area contributed by atoms with Crippen molar-refractivity contribution in [3.8, 4) is 0 Å². The maximum atomic E-state index is 6.18. The minimum atomic E-state index is 0.432. The van der Waals surface area contributed by atoms with Crippen molar-refractivity contribution in [2.75, 3.05) is 39.3 Å². The highest BCUT2D eigenvalue weighted by atomic mass is 35.5. The van der Waals surface area contributed by atoms with Crippen molar-refractivity contribution in [2.45, 2.75) is 37.5 Å². The molecule has 1 unspecified atom stereocenters. The van der Waals surface area contributed by atoms with Gasteiger partial charge in [0.05, 0.1) is 0 Å². The molecule has 1 atom stereocenters. The van der Waals surface area contributed by atoms with Gasteiger partial charge in [-0.3, -0.25) is 0 Å². The van der Waals surface area contributed by atoms with Crippen LogP contribution in [0.15, 0.2) is 0 Å². The zero-order chi connectivity index (χ0) is 10.5. The lowest BCUT2D eigenvalue weighted by Crippen LogP contribution is -2.34. The van der Waals surface area contributed by atoms with E-state index >= 15 is 0 Å². The monoisotopic (exact) mass is 230 g/mol. The highest BCUT2D eigenvalue weighted by Crippen LogP contribution is 2.16. The van der Waals surface area contributed by atoms with Gasteiger partial charge in [0.15, 0.2) is 0 Å². The van der Waals surface area contributed by atoms with Crippen LogP contribution < -0.4 is 0 Å². The largest absolute Gasteiger partial charge is 0.302 e. The predicted octanol–water partition coefficient (Wildman–Crippen LogP) is 2.18. The summed E-state index contributed by atoms with van der Waals surface area (Å²) in [6, 6.07) is 0. The zero-order valence-corrected chi connectivity index (χ0v) is 10.4. The van der Waals surface area contributed by atoms with Crippen molar-refractivity contribution >= 4 is 11.6 Å². The summed E-state index contributed by atoms with van der Waals surface area (Å²) >= 11 is 6.18. The van der Waals surface area contributed by atoms with E-state index < -0.39 is 0 Å². The molecule has 2 aliphatic rings. The standard InChI is InChI=1S/C12H23ClN2/c13-12-4-3-8-15(9-5-12)11-10-14-6-1-2-7-14/h12H,1-11H2. The molecule has 2 aliphatic heterocycles. The molecule has 0 aromatic heterocycles. The Kier molecular flexibility index (Phi) is 4.73. The SMILES string of the molecule is ClC1CCCN(CCN2CCCC2)CC1. The molecule has 0 radical (unpaired) electrons. The fraction of sp³-hybridized carbons (Fsp3) is 1.00. The van der Waals surface area contributed by atoms with E-state index in [0.717, 1.165) is 0 Å². The summed E-state index contributed by atoms with van der Waals surface area (Å²) in [6.45, 7) is 7.65. The Morgan fingerprint density at radius 1 is 0.800 bits per heavy atom. The van der Waals surface area contributed by atoms with Gasteiger partial charge in [-0.25, -0.2) is 0 Å². The molecule has 0 bridgehead atoms. The van der Waals surface area contributed by atoms with Crippen LogP contribution in [0.2, 0.25) is 0 Å². The number of likely N-dealkylation sites (tertiary alicyclic amines) is 2.